The molecule has 0 radical (unpaired) electrons. The molecule has 2 saturated heterocycles. The minimum absolute atomic E-state index is 1.04. The fourth-order valence-corrected chi connectivity index (χ4v) is 4.31. The van der Waals surface area contributed by atoms with Gasteiger partial charge in [0.2, 0.25) is 5.99 Å². The van der Waals surface area contributed by atoms with E-state index < -0.39 is 0 Å². The van der Waals surface area contributed by atoms with E-state index in [9.17, 15) is 0 Å². The molecule has 2 bridgehead atoms. The molecule has 0 N–H and O–H groups in total. The molecule has 11 heavy (non-hydrogen) atoms. The summed E-state index contributed by atoms with van der Waals surface area (Å²) in [4.78, 5) is 0. The maximum absolute atomic E-state index is 2.31. The molecule has 0 amide bonds. The minimum atomic E-state index is 1.04. The summed E-state index contributed by atoms with van der Waals surface area (Å²) in [7, 11) is 0. The topological polar surface area (TPSA) is 0 Å². The first-order valence-electron chi connectivity index (χ1n) is 4.94. The SMILES string of the molecule is CSB1C2CCCC1CCC2. The Morgan fingerprint density at radius 1 is 1.00 bits per heavy atom. The number of fused-ring (bicyclic) bond motifs is 2. The molecule has 0 aromatic heterocycles. The van der Waals surface area contributed by atoms with Crippen molar-refractivity contribution in [3.8, 4) is 0 Å². The predicted molar refractivity (Wildman–Crippen MR) is 54.5 cm³/mol. The van der Waals surface area contributed by atoms with Crippen LogP contribution in [0.3, 0.4) is 0 Å². The Hall–Kier alpha value is 0.415. The zero-order valence-electron chi connectivity index (χ0n) is 7.38. The van der Waals surface area contributed by atoms with Gasteiger partial charge in [-0.15, -0.1) is 0 Å². The van der Waals surface area contributed by atoms with E-state index in [0.29, 0.717) is 0 Å². The van der Waals surface area contributed by atoms with Gasteiger partial charge in [-0.2, -0.15) is 0 Å². The molecule has 0 unspecified atom stereocenters. The highest BCUT2D eigenvalue weighted by atomic mass is 32.2. The molecule has 0 spiro atoms. The molecule has 0 aromatic carbocycles. The van der Waals surface area contributed by atoms with Crippen LogP contribution in [0, 0.1) is 0 Å². The van der Waals surface area contributed by atoms with Crippen LogP contribution in [0.5, 0.6) is 0 Å². The number of rotatable bonds is 1. The maximum atomic E-state index is 2.31. The van der Waals surface area contributed by atoms with Gasteiger partial charge in [-0.25, -0.2) is 11.6 Å². The van der Waals surface area contributed by atoms with Gasteiger partial charge in [-0.3, -0.25) is 0 Å². The molecular weight excluding hydrogens is 151 g/mol. The molecule has 0 aromatic rings. The lowest BCUT2D eigenvalue weighted by Crippen LogP contribution is -2.31. The van der Waals surface area contributed by atoms with E-state index >= 15 is 0 Å². The highest BCUT2D eigenvalue weighted by molar-refractivity contribution is 8.25. The Kier molecular flexibility index (Phi) is 2.50. The summed E-state index contributed by atoms with van der Waals surface area (Å²) in [5.41, 5.74) is 0. The van der Waals surface area contributed by atoms with Crippen molar-refractivity contribution < 1.29 is 0 Å². The normalized spacial score (nSPS) is 37.4. The predicted octanol–water partition coefficient (Wildman–Crippen LogP) is 3.45. The molecule has 0 aliphatic carbocycles. The molecule has 2 aliphatic rings. The van der Waals surface area contributed by atoms with E-state index in [4.69, 9.17) is 0 Å². The van der Waals surface area contributed by atoms with E-state index in [-0.39, 0.29) is 0 Å². The van der Waals surface area contributed by atoms with Gasteiger partial charge in [-0.05, 0) is 6.26 Å². The molecule has 0 nitrogen and oxygen atoms in total. The van der Waals surface area contributed by atoms with Crippen LogP contribution in [0.15, 0.2) is 0 Å². The van der Waals surface area contributed by atoms with Crippen molar-refractivity contribution in [2.45, 2.75) is 50.2 Å². The van der Waals surface area contributed by atoms with E-state index in [1.54, 1.807) is 0 Å². The Morgan fingerprint density at radius 2 is 1.45 bits per heavy atom. The van der Waals surface area contributed by atoms with Crippen LogP contribution in [0.25, 0.3) is 0 Å². The number of hydrogen-bond donors (Lipinski definition) is 0. The van der Waals surface area contributed by atoms with Gasteiger partial charge < -0.3 is 0 Å². The van der Waals surface area contributed by atoms with Gasteiger partial charge in [0.25, 0.3) is 0 Å². The van der Waals surface area contributed by atoms with Gasteiger partial charge in [0.15, 0.2) is 0 Å². The van der Waals surface area contributed by atoms with Crippen LogP contribution in [0.4, 0.5) is 0 Å². The van der Waals surface area contributed by atoms with E-state index in [2.05, 4.69) is 17.9 Å². The second kappa shape index (κ2) is 3.43. The lowest BCUT2D eigenvalue weighted by molar-refractivity contribution is 0.451. The first kappa shape index (κ1) is 8.03. The first-order valence-corrected chi connectivity index (χ1v) is 6.23. The van der Waals surface area contributed by atoms with Crippen molar-refractivity contribution in [2.75, 3.05) is 6.26 Å². The molecule has 0 saturated carbocycles. The summed E-state index contributed by atoms with van der Waals surface area (Å²) >= 11 is 2.14. The highest BCUT2D eigenvalue weighted by Crippen LogP contribution is 2.49. The van der Waals surface area contributed by atoms with E-state index in [1.807, 2.05) is 0 Å². The Balaban J connectivity index is 2.04. The summed E-state index contributed by atoms with van der Waals surface area (Å²) < 4.78 is 0. The minimum Gasteiger partial charge on any atom is -0.213 e. The first-order chi connectivity index (χ1) is 5.42. The van der Waals surface area contributed by atoms with Crippen molar-refractivity contribution in [3.05, 3.63) is 0 Å². The molecule has 2 aliphatic heterocycles. The third-order valence-electron chi connectivity index (χ3n) is 3.50. The highest BCUT2D eigenvalue weighted by Gasteiger charge is 2.38. The second-order valence-electron chi connectivity index (χ2n) is 4.08. The molecule has 2 heteroatoms. The summed E-state index contributed by atoms with van der Waals surface area (Å²) in [6.07, 6.45) is 11.5. The lowest BCUT2D eigenvalue weighted by atomic mass is 9.42. The number of hydrogen-bond acceptors (Lipinski definition) is 1. The van der Waals surface area contributed by atoms with Crippen molar-refractivity contribution in [1.82, 2.24) is 0 Å². The third-order valence-corrected chi connectivity index (χ3v) is 4.82. The molecule has 2 heterocycles. The lowest BCUT2D eigenvalue weighted by Gasteiger charge is -2.39. The molecule has 62 valence electrons. The molecular formula is C9H17BS. The van der Waals surface area contributed by atoms with Crippen LogP contribution < -0.4 is 0 Å². The van der Waals surface area contributed by atoms with Crippen LogP contribution in [-0.2, 0) is 0 Å². The molecule has 2 fully saturated rings. The van der Waals surface area contributed by atoms with Crippen molar-refractivity contribution in [1.29, 1.82) is 0 Å². The van der Waals surface area contributed by atoms with Crippen LogP contribution in [-0.4, -0.2) is 12.2 Å². The van der Waals surface area contributed by atoms with Gasteiger partial charge in [0.05, 0.1) is 0 Å². The molecule has 2 rings (SSSR count). The second-order valence-corrected chi connectivity index (χ2v) is 5.10. The maximum Gasteiger partial charge on any atom is 0.215 e. The summed E-state index contributed by atoms with van der Waals surface area (Å²) in [6.45, 7) is 0. The van der Waals surface area contributed by atoms with Crippen molar-refractivity contribution in [3.63, 3.8) is 0 Å². The van der Waals surface area contributed by atoms with Crippen LogP contribution in [0.2, 0.25) is 11.6 Å². The monoisotopic (exact) mass is 168 g/mol. The van der Waals surface area contributed by atoms with E-state index in [1.165, 1.54) is 38.5 Å². The average Bonchev–Trinajstić information content (AvgIpc) is 2.03. The van der Waals surface area contributed by atoms with E-state index in [0.717, 1.165) is 17.6 Å². The summed E-state index contributed by atoms with van der Waals surface area (Å²) in [5, 5.41) is 0. The molecule has 0 atom stereocenters. The summed E-state index contributed by atoms with van der Waals surface area (Å²) in [6, 6.07) is 0. The Morgan fingerprint density at radius 3 is 1.73 bits per heavy atom. The van der Waals surface area contributed by atoms with Gasteiger partial charge >= 0.3 is 0 Å². The smallest absolute Gasteiger partial charge is 0.213 e. The van der Waals surface area contributed by atoms with Gasteiger partial charge in [-0.1, -0.05) is 50.2 Å². The van der Waals surface area contributed by atoms with Gasteiger partial charge in [0, 0.05) is 0 Å². The van der Waals surface area contributed by atoms with Crippen molar-refractivity contribution >= 4 is 17.6 Å². The third kappa shape index (κ3) is 1.47. The largest absolute Gasteiger partial charge is 0.215 e. The fraction of sp³-hybridized carbons (Fsp3) is 1.00. The Labute approximate surface area is 74.5 Å². The van der Waals surface area contributed by atoms with Gasteiger partial charge in [0.1, 0.15) is 0 Å². The summed E-state index contributed by atoms with van der Waals surface area (Å²) in [5.74, 6) is 3.23. The van der Waals surface area contributed by atoms with Crippen LogP contribution >= 0.6 is 11.6 Å². The zero-order chi connectivity index (χ0) is 7.68. The fourth-order valence-electron chi connectivity index (χ4n) is 3.00. The van der Waals surface area contributed by atoms with Crippen molar-refractivity contribution in [2.24, 2.45) is 0 Å². The van der Waals surface area contributed by atoms with Crippen LogP contribution in [0.1, 0.15) is 38.5 Å². The average molecular weight is 168 g/mol. The Bertz CT molecular complexity index is 116. The zero-order valence-corrected chi connectivity index (χ0v) is 8.20. The standard InChI is InChI=1S/C9H17BS/c1-11-10-8-4-2-5-9(10)7-3-6-8/h8-9H,2-7H2,1H3. The quantitative estimate of drug-likeness (QED) is 0.540.